The van der Waals surface area contributed by atoms with Gasteiger partial charge in [-0.15, -0.1) is 0 Å². The fourth-order valence-electron chi connectivity index (χ4n) is 1.60. The van der Waals surface area contributed by atoms with Crippen LogP contribution in [0.5, 0.6) is 0 Å². The van der Waals surface area contributed by atoms with Gasteiger partial charge in [-0.25, -0.2) is 9.18 Å². The number of non-ortho nitro benzene ring substituents is 1. The Labute approximate surface area is 112 Å². The predicted octanol–water partition coefficient (Wildman–Crippen LogP) is 3.18. The Kier molecular flexibility index (Phi) is 3.60. The molecule has 2 N–H and O–H groups in total. The van der Waals surface area contributed by atoms with Crippen molar-refractivity contribution in [3.8, 4) is 0 Å². The first kappa shape index (κ1) is 13.5. The number of nitrogens with zero attached hydrogens (tertiary/aromatic N) is 1. The molecule has 102 valence electrons. The summed E-state index contributed by atoms with van der Waals surface area (Å²) in [5.41, 5.74) is 0.404. The summed E-state index contributed by atoms with van der Waals surface area (Å²) in [6.45, 7) is 0. The number of aromatic carboxylic acids is 1. The average Bonchev–Trinajstić information content (AvgIpc) is 2.39. The van der Waals surface area contributed by atoms with Gasteiger partial charge in [0.2, 0.25) is 0 Å². The molecule has 0 atom stereocenters. The summed E-state index contributed by atoms with van der Waals surface area (Å²) in [5, 5.41) is 22.0. The fraction of sp³-hybridized carbons (Fsp3) is 0. The van der Waals surface area contributed by atoms with Crippen molar-refractivity contribution in [2.75, 3.05) is 5.32 Å². The zero-order valence-corrected chi connectivity index (χ0v) is 10.0. The van der Waals surface area contributed by atoms with E-state index in [1.165, 1.54) is 30.3 Å². The van der Waals surface area contributed by atoms with Gasteiger partial charge in [0, 0.05) is 23.5 Å². The molecule has 0 aliphatic rings. The van der Waals surface area contributed by atoms with E-state index >= 15 is 0 Å². The molecular formula is C13H9FN2O4. The number of carboxylic acid groups (broad SMARTS) is 1. The van der Waals surface area contributed by atoms with Crippen LogP contribution in [0.4, 0.5) is 21.5 Å². The van der Waals surface area contributed by atoms with Gasteiger partial charge in [0.25, 0.3) is 5.69 Å². The van der Waals surface area contributed by atoms with Crippen LogP contribution in [-0.2, 0) is 0 Å². The highest BCUT2D eigenvalue weighted by Gasteiger charge is 2.10. The molecular weight excluding hydrogens is 267 g/mol. The predicted molar refractivity (Wildman–Crippen MR) is 69.7 cm³/mol. The Morgan fingerprint density at radius 3 is 2.25 bits per heavy atom. The minimum atomic E-state index is -1.34. The van der Waals surface area contributed by atoms with Crippen molar-refractivity contribution in [1.29, 1.82) is 0 Å². The maximum absolute atomic E-state index is 13.5. The van der Waals surface area contributed by atoms with Crippen molar-refractivity contribution in [3.63, 3.8) is 0 Å². The third-order valence-corrected chi connectivity index (χ3v) is 2.57. The quantitative estimate of drug-likeness (QED) is 0.660. The Hall–Kier alpha value is -2.96. The topological polar surface area (TPSA) is 92.5 Å². The molecule has 0 amide bonds. The zero-order chi connectivity index (χ0) is 14.7. The van der Waals surface area contributed by atoms with Gasteiger partial charge in [-0.3, -0.25) is 10.1 Å². The number of anilines is 2. The van der Waals surface area contributed by atoms with E-state index < -0.39 is 22.3 Å². The number of hydrogen-bond acceptors (Lipinski definition) is 4. The van der Waals surface area contributed by atoms with Crippen molar-refractivity contribution in [3.05, 3.63) is 64.0 Å². The highest BCUT2D eigenvalue weighted by atomic mass is 19.1. The van der Waals surface area contributed by atoms with Gasteiger partial charge in [-0.05, 0) is 30.3 Å². The van der Waals surface area contributed by atoms with E-state index in [-0.39, 0.29) is 5.69 Å². The van der Waals surface area contributed by atoms with Gasteiger partial charge >= 0.3 is 5.97 Å². The minimum absolute atomic E-state index is 0.0528. The van der Waals surface area contributed by atoms with Crippen LogP contribution < -0.4 is 5.32 Å². The first-order valence-electron chi connectivity index (χ1n) is 5.51. The van der Waals surface area contributed by atoms with Crippen LogP contribution in [0.1, 0.15) is 10.4 Å². The highest BCUT2D eigenvalue weighted by Crippen LogP contribution is 2.21. The molecule has 2 rings (SSSR count). The van der Waals surface area contributed by atoms with Crippen LogP contribution in [0, 0.1) is 15.9 Å². The summed E-state index contributed by atoms with van der Waals surface area (Å²) in [6.07, 6.45) is 0. The number of rotatable bonds is 4. The second-order valence-electron chi connectivity index (χ2n) is 3.93. The maximum atomic E-state index is 13.5. The Morgan fingerprint density at radius 1 is 1.15 bits per heavy atom. The number of carboxylic acids is 1. The molecule has 0 saturated carbocycles. The second-order valence-corrected chi connectivity index (χ2v) is 3.93. The van der Waals surface area contributed by atoms with Gasteiger partial charge in [0.05, 0.1) is 10.5 Å². The summed E-state index contributed by atoms with van der Waals surface area (Å²) in [5.74, 6) is -2.20. The van der Waals surface area contributed by atoms with Gasteiger partial charge in [-0.1, -0.05) is 0 Å². The molecule has 6 nitrogen and oxygen atoms in total. The second kappa shape index (κ2) is 5.35. The normalized spacial score (nSPS) is 10.1. The molecule has 0 radical (unpaired) electrons. The van der Waals surface area contributed by atoms with Crippen LogP contribution in [0.3, 0.4) is 0 Å². The van der Waals surface area contributed by atoms with Crippen LogP contribution in [-0.4, -0.2) is 16.0 Å². The molecule has 0 spiro atoms. The van der Waals surface area contributed by atoms with Gasteiger partial charge in [0.15, 0.2) is 0 Å². The van der Waals surface area contributed by atoms with E-state index in [1.54, 1.807) is 0 Å². The van der Waals surface area contributed by atoms with Gasteiger partial charge in [-0.2, -0.15) is 0 Å². The molecule has 2 aromatic rings. The number of nitro groups is 1. The molecule has 0 aliphatic heterocycles. The van der Waals surface area contributed by atoms with Crippen molar-refractivity contribution < 1.29 is 19.2 Å². The first-order valence-corrected chi connectivity index (χ1v) is 5.51. The monoisotopic (exact) mass is 276 g/mol. The molecule has 7 heteroatoms. The van der Waals surface area contributed by atoms with E-state index in [0.717, 1.165) is 12.1 Å². The number of nitrogens with one attached hydrogen (secondary N) is 1. The van der Waals surface area contributed by atoms with Crippen LogP contribution in [0.15, 0.2) is 42.5 Å². The Morgan fingerprint density at radius 2 is 1.75 bits per heavy atom. The van der Waals surface area contributed by atoms with Crippen molar-refractivity contribution in [2.45, 2.75) is 0 Å². The summed E-state index contributed by atoms with van der Waals surface area (Å²) in [7, 11) is 0. The summed E-state index contributed by atoms with van der Waals surface area (Å²) in [6, 6.07) is 9.17. The number of benzene rings is 2. The number of hydrogen-bond donors (Lipinski definition) is 2. The number of halogens is 1. The Bertz CT molecular complexity index is 671. The zero-order valence-electron chi connectivity index (χ0n) is 10.0. The molecule has 2 aromatic carbocycles. The number of carbonyl (C=O) groups is 1. The van der Waals surface area contributed by atoms with Crippen molar-refractivity contribution in [2.24, 2.45) is 0 Å². The van der Waals surface area contributed by atoms with E-state index in [1.807, 2.05) is 0 Å². The third-order valence-electron chi connectivity index (χ3n) is 2.57. The highest BCUT2D eigenvalue weighted by molar-refractivity contribution is 5.88. The minimum Gasteiger partial charge on any atom is -0.478 e. The fourth-order valence-corrected chi connectivity index (χ4v) is 1.60. The molecule has 0 saturated heterocycles. The van der Waals surface area contributed by atoms with Crippen molar-refractivity contribution >= 4 is 23.0 Å². The molecule has 0 heterocycles. The molecule has 0 fully saturated rings. The molecule has 0 aromatic heterocycles. The van der Waals surface area contributed by atoms with Gasteiger partial charge in [0.1, 0.15) is 5.82 Å². The first-order chi connectivity index (χ1) is 9.47. The van der Waals surface area contributed by atoms with Crippen LogP contribution in [0.2, 0.25) is 0 Å². The van der Waals surface area contributed by atoms with Crippen LogP contribution >= 0.6 is 0 Å². The average molecular weight is 276 g/mol. The Balaban J connectivity index is 2.19. The van der Waals surface area contributed by atoms with Crippen LogP contribution in [0.25, 0.3) is 0 Å². The lowest BCUT2D eigenvalue weighted by Gasteiger charge is -2.07. The molecule has 0 unspecified atom stereocenters. The maximum Gasteiger partial charge on any atom is 0.338 e. The lowest BCUT2D eigenvalue weighted by molar-refractivity contribution is -0.384. The smallest absolute Gasteiger partial charge is 0.338 e. The SMILES string of the molecule is O=C(O)c1ccc(Nc2ccc([N+](=O)[O-])cc2)cc1F. The summed E-state index contributed by atoms with van der Waals surface area (Å²) in [4.78, 5) is 20.6. The lowest BCUT2D eigenvalue weighted by atomic mass is 10.2. The third kappa shape index (κ3) is 2.89. The lowest BCUT2D eigenvalue weighted by Crippen LogP contribution is -2.01. The molecule has 0 aliphatic carbocycles. The van der Waals surface area contributed by atoms with E-state index in [9.17, 15) is 19.3 Å². The van der Waals surface area contributed by atoms with Gasteiger partial charge < -0.3 is 10.4 Å². The van der Waals surface area contributed by atoms with E-state index in [2.05, 4.69) is 5.32 Å². The van der Waals surface area contributed by atoms with Crippen molar-refractivity contribution in [1.82, 2.24) is 0 Å². The molecule has 20 heavy (non-hydrogen) atoms. The van der Waals surface area contributed by atoms with E-state index in [4.69, 9.17) is 5.11 Å². The molecule has 0 bridgehead atoms. The summed E-state index contributed by atoms with van der Waals surface area (Å²) < 4.78 is 13.5. The van der Waals surface area contributed by atoms with E-state index in [0.29, 0.717) is 11.4 Å². The summed E-state index contributed by atoms with van der Waals surface area (Å²) >= 11 is 0. The number of nitro benzene ring substituents is 1. The standard InChI is InChI=1S/C13H9FN2O4/c14-12-7-9(3-6-11(12)13(17)18)15-8-1-4-10(5-2-8)16(19)20/h1-7,15H,(H,17,18). The largest absolute Gasteiger partial charge is 0.478 e.